The third kappa shape index (κ3) is 6.72. The third-order valence-corrected chi connectivity index (χ3v) is 3.62. The summed E-state index contributed by atoms with van der Waals surface area (Å²) >= 11 is 0. The maximum atomic E-state index is 5.89. The highest BCUT2D eigenvalue weighted by Crippen LogP contribution is 2.17. The molecule has 1 atom stereocenters. The molecule has 6 nitrogen and oxygen atoms in total. The molecule has 0 aliphatic rings. The van der Waals surface area contributed by atoms with E-state index in [2.05, 4.69) is 27.5 Å². The van der Waals surface area contributed by atoms with Gasteiger partial charge in [-0.3, -0.25) is 0 Å². The summed E-state index contributed by atoms with van der Waals surface area (Å²) in [5.74, 6) is 1.36. The molecule has 2 N–H and O–H groups in total. The Morgan fingerprint density at radius 2 is 2.00 bits per heavy atom. The highest BCUT2D eigenvalue weighted by Gasteiger charge is 2.07. The fraction of sp³-hybridized carbons (Fsp3) is 0.400. The molecule has 0 saturated heterocycles. The normalized spacial score (nSPS) is 12.5. The third-order valence-electron chi connectivity index (χ3n) is 3.62. The van der Waals surface area contributed by atoms with Gasteiger partial charge in [0.1, 0.15) is 6.61 Å². The summed E-state index contributed by atoms with van der Waals surface area (Å²) in [6.07, 6.45) is 1.73. The molecule has 1 aromatic carbocycles. The Kier molecular flexibility index (Phi) is 8.42. The molecule has 6 heteroatoms. The van der Waals surface area contributed by atoms with Gasteiger partial charge < -0.3 is 20.1 Å². The predicted octanol–water partition coefficient (Wildman–Crippen LogP) is 2.75. The van der Waals surface area contributed by atoms with Gasteiger partial charge in [-0.1, -0.05) is 36.4 Å². The van der Waals surface area contributed by atoms with Gasteiger partial charge in [-0.25, -0.2) is 9.98 Å². The fourth-order valence-corrected chi connectivity index (χ4v) is 2.41. The predicted molar refractivity (Wildman–Crippen MR) is 104 cm³/mol. The number of aliphatic imine (C=N–C) groups is 1. The van der Waals surface area contributed by atoms with Crippen LogP contribution in [0.1, 0.15) is 25.0 Å². The number of hydrogen-bond donors (Lipinski definition) is 2. The number of rotatable bonds is 9. The maximum Gasteiger partial charge on any atom is 0.218 e. The Balaban J connectivity index is 2.02. The van der Waals surface area contributed by atoms with Crippen LogP contribution in [0.2, 0.25) is 0 Å². The molecule has 0 aliphatic heterocycles. The minimum atomic E-state index is 0.167. The minimum absolute atomic E-state index is 0.167. The van der Waals surface area contributed by atoms with E-state index in [9.17, 15) is 0 Å². The first-order chi connectivity index (χ1) is 12.7. The molecule has 0 radical (unpaired) electrons. The van der Waals surface area contributed by atoms with E-state index < -0.39 is 0 Å². The summed E-state index contributed by atoms with van der Waals surface area (Å²) < 4.78 is 11.1. The Labute approximate surface area is 155 Å². The number of methoxy groups -OCH3 is 1. The largest absolute Gasteiger partial charge is 0.473 e. The standard InChI is InChI=1S/C20H28N4O2/c1-4-21-20(24-16(2)14-25-3)23-13-18-11-8-12-22-19(18)26-15-17-9-6-5-7-10-17/h5-12,16H,4,13-15H2,1-3H3,(H2,21,23,24). The van der Waals surface area contributed by atoms with E-state index in [0.717, 1.165) is 23.6 Å². The lowest BCUT2D eigenvalue weighted by atomic mass is 10.2. The van der Waals surface area contributed by atoms with Gasteiger partial charge in [0.2, 0.25) is 5.88 Å². The van der Waals surface area contributed by atoms with E-state index in [-0.39, 0.29) is 6.04 Å². The highest BCUT2D eigenvalue weighted by atomic mass is 16.5. The Morgan fingerprint density at radius 3 is 2.73 bits per heavy atom. The summed E-state index contributed by atoms with van der Waals surface area (Å²) in [5, 5.41) is 6.56. The second-order valence-electron chi connectivity index (χ2n) is 5.94. The molecule has 0 saturated carbocycles. The molecule has 140 valence electrons. The van der Waals surface area contributed by atoms with Gasteiger partial charge in [-0.15, -0.1) is 0 Å². The number of guanidine groups is 1. The van der Waals surface area contributed by atoms with Gasteiger partial charge in [-0.05, 0) is 25.5 Å². The van der Waals surface area contributed by atoms with E-state index >= 15 is 0 Å². The van der Waals surface area contributed by atoms with Gasteiger partial charge in [0.05, 0.1) is 13.2 Å². The van der Waals surface area contributed by atoms with E-state index in [1.807, 2.05) is 49.4 Å². The average molecular weight is 356 g/mol. The lowest BCUT2D eigenvalue weighted by Crippen LogP contribution is -2.43. The first kappa shape index (κ1) is 19.7. The Hall–Kier alpha value is -2.60. The van der Waals surface area contributed by atoms with Crippen molar-refractivity contribution in [2.24, 2.45) is 4.99 Å². The van der Waals surface area contributed by atoms with Crippen molar-refractivity contribution in [1.29, 1.82) is 0 Å². The second kappa shape index (κ2) is 11.1. The van der Waals surface area contributed by atoms with Gasteiger partial charge in [0.25, 0.3) is 0 Å². The van der Waals surface area contributed by atoms with Gasteiger partial charge in [0, 0.05) is 31.5 Å². The van der Waals surface area contributed by atoms with Crippen molar-refractivity contribution in [3.05, 3.63) is 59.8 Å². The lowest BCUT2D eigenvalue weighted by molar-refractivity contribution is 0.179. The highest BCUT2D eigenvalue weighted by molar-refractivity contribution is 5.80. The first-order valence-electron chi connectivity index (χ1n) is 8.87. The van der Waals surface area contributed by atoms with Gasteiger partial charge in [-0.2, -0.15) is 0 Å². The van der Waals surface area contributed by atoms with E-state index in [1.54, 1.807) is 13.3 Å². The second-order valence-corrected chi connectivity index (χ2v) is 5.94. The molecule has 0 fully saturated rings. The number of pyridine rings is 1. The fourth-order valence-electron chi connectivity index (χ4n) is 2.41. The van der Waals surface area contributed by atoms with Crippen LogP contribution >= 0.6 is 0 Å². The summed E-state index contributed by atoms with van der Waals surface area (Å²) in [4.78, 5) is 9.00. The Morgan fingerprint density at radius 1 is 1.19 bits per heavy atom. The van der Waals surface area contributed by atoms with Crippen LogP contribution in [0.5, 0.6) is 5.88 Å². The number of hydrogen-bond acceptors (Lipinski definition) is 4. The number of nitrogens with zero attached hydrogens (tertiary/aromatic N) is 2. The molecule has 1 heterocycles. The van der Waals surface area contributed by atoms with Gasteiger partial charge >= 0.3 is 0 Å². The smallest absolute Gasteiger partial charge is 0.218 e. The van der Waals surface area contributed by atoms with Crippen LogP contribution in [0.3, 0.4) is 0 Å². The number of ether oxygens (including phenoxy) is 2. The molecule has 1 unspecified atom stereocenters. The molecule has 0 spiro atoms. The summed E-state index contributed by atoms with van der Waals surface area (Å²) in [6.45, 7) is 6.45. The van der Waals surface area contributed by atoms with Crippen LogP contribution in [0.4, 0.5) is 0 Å². The molecule has 1 aromatic heterocycles. The monoisotopic (exact) mass is 356 g/mol. The molecule has 2 aromatic rings. The molecular weight excluding hydrogens is 328 g/mol. The van der Waals surface area contributed by atoms with Crippen LogP contribution in [0.25, 0.3) is 0 Å². The minimum Gasteiger partial charge on any atom is -0.473 e. The average Bonchev–Trinajstić information content (AvgIpc) is 2.66. The number of aromatic nitrogens is 1. The van der Waals surface area contributed by atoms with E-state index in [0.29, 0.717) is 25.6 Å². The Bertz CT molecular complexity index is 677. The molecular formula is C20H28N4O2. The summed E-state index contributed by atoms with van der Waals surface area (Å²) in [6, 6.07) is 14.1. The molecule has 0 amide bonds. The lowest BCUT2D eigenvalue weighted by Gasteiger charge is -2.17. The zero-order valence-corrected chi connectivity index (χ0v) is 15.7. The van der Waals surface area contributed by atoms with Crippen LogP contribution in [-0.2, 0) is 17.9 Å². The van der Waals surface area contributed by atoms with Crippen molar-refractivity contribution in [2.45, 2.75) is 33.0 Å². The van der Waals surface area contributed by atoms with Gasteiger partial charge in [0.15, 0.2) is 5.96 Å². The SMILES string of the molecule is CCNC(=NCc1cccnc1OCc1ccccc1)NC(C)COC. The van der Waals surface area contributed by atoms with Crippen molar-refractivity contribution in [3.63, 3.8) is 0 Å². The van der Waals surface area contributed by atoms with Crippen molar-refractivity contribution in [2.75, 3.05) is 20.3 Å². The topological polar surface area (TPSA) is 67.8 Å². The zero-order chi connectivity index (χ0) is 18.6. The number of benzene rings is 1. The molecule has 2 rings (SSSR count). The van der Waals surface area contributed by atoms with Crippen molar-refractivity contribution in [1.82, 2.24) is 15.6 Å². The quantitative estimate of drug-likeness (QED) is 0.534. The molecule has 26 heavy (non-hydrogen) atoms. The maximum absolute atomic E-state index is 5.89. The van der Waals surface area contributed by atoms with Crippen LogP contribution < -0.4 is 15.4 Å². The van der Waals surface area contributed by atoms with Crippen LogP contribution in [0, 0.1) is 0 Å². The zero-order valence-electron chi connectivity index (χ0n) is 15.7. The molecule has 0 bridgehead atoms. The van der Waals surface area contributed by atoms with E-state index in [4.69, 9.17) is 9.47 Å². The summed E-state index contributed by atoms with van der Waals surface area (Å²) in [7, 11) is 1.69. The summed E-state index contributed by atoms with van der Waals surface area (Å²) in [5.41, 5.74) is 2.05. The first-order valence-corrected chi connectivity index (χ1v) is 8.87. The van der Waals surface area contributed by atoms with Crippen LogP contribution in [0.15, 0.2) is 53.7 Å². The van der Waals surface area contributed by atoms with Crippen LogP contribution in [-0.4, -0.2) is 37.2 Å². The van der Waals surface area contributed by atoms with Crippen molar-refractivity contribution < 1.29 is 9.47 Å². The number of nitrogens with one attached hydrogen (secondary N) is 2. The molecule has 0 aliphatic carbocycles. The van der Waals surface area contributed by atoms with Crippen molar-refractivity contribution >= 4 is 5.96 Å². The van der Waals surface area contributed by atoms with Crippen molar-refractivity contribution in [3.8, 4) is 5.88 Å². The van der Waals surface area contributed by atoms with E-state index in [1.165, 1.54) is 0 Å².